The van der Waals surface area contributed by atoms with Crippen molar-refractivity contribution in [2.75, 3.05) is 44.0 Å². The van der Waals surface area contributed by atoms with Crippen LogP contribution in [0.4, 0.5) is 11.4 Å². The van der Waals surface area contributed by atoms with Crippen molar-refractivity contribution in [1.29, 1.82) is 0 Å². The van der Waals surface area contributed by atoms with Gasteiger partial charge in [-0.3, -0.25) is 4.90 Å². The van der Waals surface area contributed by atoms with Crippen LogP contribution in [0.25, 0.3) is 0 Å². The number of anilines is 2. The van der Waals surface area contributed by atoms with Crippen molar-refractivity contribution in [2.24, 2.45) is 4.99 Å². The molecule has 0 amide bonds. The molecule has 164 valence electrons. The third-order valence-corrected chi connectivity index (χ3v) is 5.57. The van der Waals surface area contributed by atoms with E-state index in [1.165, 1.54) is 25.9 Å². The second kappa shape index (κ2) is 10.2. The van der Waals surface area contributed by atoms with E-state index in [0.717, 1.165) is 47.4 Å². The van der Waals surface area contributed by atoms with Crippen molar-refractivity contribution in [3.63, 3.8) is 0 Å². The molecule has 1 fully saturated rings. The molecular weight excluding hydrogens is 390 g/mol. The number of nitrogens with one attached hydrogen (secondary N) is 3. The molecular formula is C24H31N5O2. The number of benzene rings is 2. The number of hydrogen-bond acceptors (Lipinski definition) is 7. The molecule has 0 bridgehead atoms. The van der Waals surface area contributed by atoms with E-state index >= 15 is 0 Å². The summed E-state index contributed by atoms with van der Waals surface area (Å²) in [5, 5.41) is 10.2. The molecule has 2 aromatic rings. The van der Waals surface area contributed by atoms with Gasteiger partial charge >= 0.3 is 0 Å². The number of ether oxygens (including phenoxy) is 2. The van der Waals surface area contributed by atoms with Gasteiger partial charge in [0, 0.05) is 29.7 Å². The first-order chi connectivity index (χ1) is 15.2. The van der Waals surface area contributed by atoms with Gasteiger partial charge in [0.05, 0.1) is 7.11 Å². The normalized spacial score (nSPS) is 18.3. The minimum atomic E-state index is -0.264. The highest BCUT2D eigenvalue weighted by Crippen LogP contribution is 2.26. The highest BCUT2D eigenvalue weighted by atomic mass is 16.5. The number of likely N-dealkylation sites (tertiary alicyclic amines) is 1. The lowest BCUT2D eigenvalue weighted by Gasteiger charge is -2.24. The van der Waals surface area contributed by atoms with Crippen LogP contribution in [0.5, 0.6) is 11.5 Å². The van der Waals surface area contributed by atoms with Crippen LogP contribution in [0, 0.1) is 6.92 Å². The molecule has 4 rings (SSSR count). The highest BCUT2D eigenvalue weighted by molar-refractivity contribution is 5.75. The maximum atomic E-state index is 5.88. The van der Waals surface area contributed by atoms with Gasteiger partial charge in [0.1, 0.15) is 23.9 Å². The molecule has 0 aromatic heterocycles. The Kier molecular flexibility index (Phi) is 6.94. The molecule has 0 aliphatic carbocycles. The van der Waals surface area contributed by atoms with Crippen molar-refractivity contribution < 1.29 is 9.47 Å². The monoisotopic (exact) mass is 421 g/mol. The summed E-state index contributed by atoms with van der Waals surface area (Å²) in [5.74, 6) is 2.61. The number of aliphatic imine (C=N–C) groups is 1. The van der Waals surface area contributed by atoms with Crippen LogP contribution >= 0.6 is 0 Å². The van der Waals surface area contributed by atoms with E-state index in [1.807, 2.05) is 55.5 Å². The summed E-state index contributed by atoms with van der Waals surface area (Å²) in [5.41, 5.74) is 3.02. The lowest BCUT2D eigenvalue weighted by molar-refractivity contribution is 0.238. The van der Waals surface area contributed by atoms with E-state index in [2.05, 4.69) is 25.8 Å². The fraction of sp³-hybridized carbons (Fsp3) is 0.375. The SMILES string of the molecule is COc1cccc(NC2=CC=NC(Nc3ccc(OCCN4CCCC4)cc3)N2)c1C. The standard InChI is InChI=1S/C24H31N5O2/c1-18-21(6-5-7-22(18)30-2)27-23-12-13-25-24(28-23)26-19-8-10-20(11-9-19)31-17-16-29-14-3-4-15-29/h5-13,24,26-28H,3-4,14-17H2,1-2H3. The van der Waals surface area contributed by atoms with Gasteiger partial charge in [-0.15, -0.1) is 0 Å². The molecule has 2 aliphatic heterocycles. The average molecular weight is 422 g/mol. The maximum absolute atomic E-state index is 5.88. The van der Waals surface area contributed by atoms with Crippen LogP contribution in [0.2, 0.25) is 0 Å². The lowest BCUT2D eigenvalue weighted by atomic mass is 10.2. The second-order valence-corrected chi connectivity index (χ2v) is 7.75. The summed E-state index contributed by atoms with van der Waals surface area (Å²) in [7, 11) is 1.68. The van der Waals surface area contributed by atoms with Crippen molar-refractivity contribution in [2.45, 2.75) is 26.1 Å². The van der Waals surface area contributed by atoms with Gasteiger partial charge in [0.2, 0.25) is 0 Å². The first kappa shape index (κ1) is 21.1. The van der Waals surface area contributed by atoms with Gasteiger partial charge in [-0.2, -0.15) is 0 Å². The summed E-state index contributed by atoms with van der Waals surface area (Å²) < 4.78 is 11.3. The van der Waals surface area contributed by atoms with E-state index in [0.29, 0.717) is 0 Å². The van der Waals surface area contributed by atoms with E-state index in [1.54, 1.807) is 13.3 Å². The Bertz CT molecular complexity index is 920. The van der Waals surface area contributed by atoms with Crippen LogP contribution < -0.4 is 25.4 Å². The maximum Gasteiger partial charge on any atom is 0.195 e. The van der Waals surface area contributed by atoms with Gasteiger partial charge in [-0.25, -0.2) is 4.99 Å². The van der Waals surface area contributed by atoms with Crippen LogP contribution in [-0.4, -0.2) is 50.8 Å². The number of rotatable bonds is 9. The minimum absolute atomic E-state index is 0.264. The largest absolute Gasteiger partial charge is 0.496 e. The Labute approximate surface area is 184 Å². The van der Waals surface area contributed by atoms with E-state index < -0.39 is 0 Å². The van der Waals surface area contributed by atoms with Gasteiger partial charge in [0.15, 0.2) is 6.29 Å². The van der Waals surface area contributed by atoms with Crippen molar-refractivity contribution in [3.8, 4) is 11.5 Å². The van der Waals surface area contributed by atoms with Gasteiger partial charge < -0.3 is 25.4 Å². The summed E-state index contributed by atoms with van der Waals surface area (Å²) in [4.78, 5) is 6.92. The van der Waals surface area contributed by atoms with E-state index in [9.17, 15) is 0 Å². The van der Waals surface area contributed by atoms with Gasteiger partial charge in [0.25, 0.3) is 0 Å². The predicted molar refractivity (Wildman–Crippen MR) is 126 cm³/mol. The first-order valence-corrected chi connectivity index (χ1v) is 10.8. The fourth-order valence-corrected chi connectivity index (χ4v) is 3.81. The zero-order valence-corrected chi connectivity index (χ0v) is 18.2. The molecule has 3 N–H and O–H groups in total. The first-order valence-electron chi connectivity index (χ1n) is 10.8. The van der Waals surface area contributed by atoms with Crippen molar-refractivity contribution in [3.05, 3.63) is 59.9 Å². The molecule has 2 aromatic carbocycles. The average Bonchev–Trinajstić information content (AvgIpc) is 3.30. The molecule has 1 saturated heterocycles. The predicted octanol–water partition coefficient (Wildman–Crippen LogP) is 3.80. The molecule has 0 spiro atoms. The zero-order chi connectivity index (χ0) is 21.5. The third-order valence-electron chi connectivity index (χ3n) is 5.57. The Hall–Kier alpha value is -3.19. The molecule has 7 heteroatoms. The fourth-order valence-electron chi connectivity index (χ4n) is 3.81. The Morgan fingerprint density at radius 2 is 1.94 bits per heavy atom. The topological polar surface area (TPSA) is 70.1 Å². The van der Waals surface area contributed by atoms with Crippen LogP contribution in [0.15, 0.2) is 59.4 Å². The lowest BCUT2D eigenvalue weighted by Crippen LogP contribution is -2.38. The summed E-state index contributed by atoms with van der Waals surface area (Å²) in [6.07, 6.45) is 6.06. The molecule has 0 radical (unpaired) electrons. The summed E-state index contributed by atoms with van der Waals surface area (Å²) in [6.45, 7) is 6.15. The van der Waals surface area contributed by atoms with Gasteiger partial charge in [-0.1, -0.05) is 6.07 Å². The molecule has 31 heavy (non-hydrogen) atoms. The Morgan fingerprint density at radius 3 is 2.71 bits per heavy atom. The molecule has 7 nitrogen and oxygen atoms in total. The molecule has 0 saturated carbocycles. The number of nitrogens with zero attached hydrogens (tertiary/aromatic N) is 2. The quantitative estimate of drug-likeness (QED) is 0.572. The Morgan fingerprint density at radius 1 is 1.13 bits per heavy atom. The highest BCUT2D eigenvalue weighted by Gasteiger charge is 2.13. The smallest absolute Gasteiger partial charge is 0.195 e. The number of hydrogen-bond donors (Lipinski definition) is 3. The van der Waals surface area contributed by atoms with Crippen molar-refractivity contribution in [1.82, 2.24) is 10.2 Å². The van der Waals surface area contributed by atoms with E-state index in [4.69, 9.17) is 9.47 Å². The summed E-state index contributed by atoms with van der Waals surface area (Å²) >= 11 is 0. The molecule has 2 aliphatic rings. The van der Waals surface area contributed by atoms with Crippen molar-refractivity contribution >= 4 is 17.6 Å². The number of allylic oxidation sites excluding steroid dienone is 1. The Balaban J connectivity index is 1.27. The van der Waals surface area contributed by atoms with Crippen LogP contribution in [0.3, 0.4) is 0 Å². The zero-order valence-electron chi connectivity index (χ0n) is 18.2. The van der Waals surface area contributed by atoms with Gasteiger partial charge in [-0.05, 0) is 75.3 Å². The van der Waals surface area contributed by atoms with Crippen LogP contribution in [-0.2, 0) is 0 Å². The molecule has 1 atom stereocenters. The van der Waals surface area contributed by atoms with Crippen LogP contribution in [0.1, 0.15) is 18.4 Å². The molecule has 1 unspecified atom stereocenters. The second-order valence-electron chi connectivity index (χ2n) is 7.75. The minimum Gasteiger partial charge on any atom is -0.496 e. The summed E-state index contributed by atoms with van der Waals surface area (Å²) in [6, 6.07) is 14.0. The van der Waals surface area contributed by atoms with E-state index in [-0.39, 0.29) is 6.29 Å². The third kappa shape index (κ3) is 5.70. The number of methoxy groups -OCH3 is 1. The molecule has 2 heterocycles.